The Labute approximate surface area is 188 Å². The van der Waals surface area contributed by atoms with E-state index in [4.69, 9.17) is 14.2 Å². The van der Waals surface area contributed by atoms with Crippen molar-refractivity contribution in [2.24, 2.45) is 11.8 Å². The summed E-state index contributed by atoms with van der Waals surface area (Å²) >= 11 is 0. The maximum atomic E-state index is 12.3. The smallest absolute Gasteiger partial charge is 0.231 e. The van der Waals surface area contributed by atoms with Crippen LogP contribution in [0.25, 0.3) is 0 Å². The largest absolute Gasteiger partial charge is 0.454 e. The summed E-state index contributed by atoms with van der Waals surface area (Å²) in [5.41, 5.74) is 1.28. The molecule has 1 N–H and O–H groups in total. The fourth-order valence-electron chi connectivity index (χ4n) is 4.77. The second-order valence-corrected chi connectivity index (χ2v) is 9.01. The maximum absolute atomic E-state index is 12.3. The van der Waals surface area contributed by atoms with Crippen LogP contribution in [0.2, 0.25) is 0 Å². The molecule has 3 aliphatic heterocycles. The lowest BCUT2D eigenvalue weighted by atomic mass is 10.00. The second kappa shape index (κ2) is 9.46. The first-order chi connectivity index (χ1) is 15.7. The Morgan fingerprint density at radius 1 is 1.22 bits per heavy atom. The minimum atomic E-state index is -0.0386. The van der Waals surface area contributed by atoms with Crippen molar-refractivity contribution in [1.82, 2.24) is 25.0 Å². The first-order valence-electron chi connectivity index (χ1n) is 11.5. The Morgan fingerprint density at radius 2 is 2.12 bits per heavy atom. The molecule has 1 saturated heterocycles. The fraction of sp³-hybridized carbons (Fsp3) is 0.609. The van der Waals surface area contributed by atoms with Gasteiger partial charge >= 0.3 is 0 Å². The van der Waals surface area contributed by atoms with Crippen molar-refractivity contribution in [3.05, 3.63) is 35.4 Å². The molecule has 3 aliphatic rings. The Kier molecular flexibility index (Phi) is 6.27. The topological polar surface area (TPSA) is 90.7 Å². The van der Waals surface area contributed by atoms with Gasteiger partial charge in [0.1, 0.15) is 5.82 Å². The predicted octanol–water partition coefficient (Wildman–Crippen LogP) is 1.40. The molecule has 172 valence electrons. The minimum absolute atomic E-state index is 0.0386. The summed E-state index contributed by atoms with van der Waals surface area (Å²) in [7, 11) is 0. The Bertz CT molecular complexity index is 956. The molecule has 0 radical (unpaired) electrons. The molecule has 0 bridgehead atoms. The highest BCUT2D eigenvalue weighted by atomic mass is 16.7. The molecule has 9 heteroatoms. The number of benzene rings is 1. The monoisotopic (exact) mass is 441 g/mol. The number of hydrogen-bond donors (Lipinski definition) is 1. The summed E-state index contributed by atoms with van der Waals surface area (Å²) < 4.78 is 18.4. The standard InChI is InChI=1S/C23H31N5O4/c1-16(10-17-2-3-19-20(11-17)32-15-31-19)13-27-6-4-21-25-26-22(28(21)8-7-27)12-24-23(29)18-5-9-30-14-18/h2-3,11,16,18H,4-10,12-15H2,1H3,(H,24,29)/t16-,18-/m1/s1. The highest BCUT2D eigenvalue weighted by Crippen LogP contribution is 2.33. The molecule has 1 amide bonds. The van der Waals surface area contributed by atoms with Crippen LogP contribution in [0.3, 0.4) is 0 Å². The van der Waals surface area contributed by atoms with Gasteiger partial charge in [0.05, 0.1) is 19.1 Å². The van der Waals surface area contributed by atoms with Crippen LogP contribution in [0.1, 0.15) is 30.6 Å². The minimum Gasteiger partial charge on any atom is -0.454 e. The summed E-state index contributed by atoms with van der Waals surface area (Å²) in [5.74, 6) is 4.05. The van der Waals surface area contributed by atoms with Gasteiger partial charge in [-0.05, 0) is 36.5 Å². The van der Waals surface area contributed by atoms with Crippen LogP contribution in [-0.2, 0) is 35.5 Å². The Balaban J connectivity index is 1.12. The molecule has 1 fully saturated rings. The van der Waals surface area contributed by atoms with E-state index in [0.717, 1.165) is 68.6 Å². The molecule has 5 rings (SSSR count). The lowest BCUT2D eigenvalue weighted by Crippen LogP contribution is -2.33. The average molecular weight is 442 g/mol. The number of amides is 1. The summed E-state index contributed by atoms with van der Waals surface area (Å²) in [6, 6.07) is 6.23. The summed E-state index contributed by atoms with van der Waals surface area (Å²) in [6.07, 6.45) is 2.67. The Morgan fingerprint density at radius 3 is 3.00 bits per heavy atom. The zero-order chi connectivity index (χ0) is 21.9. The number of carbonyl (C=O) groups is 1. The third-order valence-electron chi connectivity index (χ3n) is 6.51. The van der Waals surface area contributed by atoms with E-state index in [9.17, 15) is 4.79 Å². The zero-order valence-corrected chi connectivity index (χ0v) is 18.6. The van der Waals surface area contributed by atoms with E-state index in [1.807, 2.05) is 6.07 Å². The summed E-state index contributed by atoms with van der Waals surface area (Å²) in [5, 5.41) is 11.7. The number of rotatable bonds is 7. The number of aromatic nitrogens is 3. The highest BCUT2D eigenvalue weighted by molar-refractivity contribution is 5.78. The molecule has 32 heavy (non-hydrogen) atoms. The number of nitrogens with zero attached hydrogens (tertiary/aromatic N) is 4. The van der Waals surface area contributed by atoms with Crippen LogP contribution in [0.15, 0.2) is 18.2 Å². The molecule has 2 aromatic rings. The van der Waals surface area contributed by atoms with Crippen LogP contribution in [0, 0.1) is 11.8 Å². The van der Waals surface area contributed by atoms with Gasteiger partial charge in [-0.25, -0.2) is 0 Å². The van der Waals surface area contributed by atoms with Crippen molar-refractivity contribution in [3.8, 4) is 11.5 Å². The molecule has 4 heterocycles. The van der Waals surface area contributed by atoms with E-state index in [0.29, 0.717) is 32.5 Å². The van der Waals surface area contributed by atoms with Crippen molar-refractivity contribution >= 4 is 5.91 Å². The van der Waals surface area contributed by atoms with Crippen molar-refractivity contribution < 1.29 is 19.0 Å². The van der Waals surface area contributed by atoms with E-state index in [1.165, 1.54) is 5.56 Å². The molecule has 0 aliphatic carbocycles. The molecule has 1 aromatic carbocycles. The molecule has 1 aromatic heterocycles. The van der Waals surface area contributed by atoms with E-state index < -0.39 is 0 Å². The number of ether oxygens (including phenoxy) is 3. The van der Waals surface area contributed by atoms with E-state index in [2.05, 4.69) is 44.0 Å². The van der Waals surface area contributed by atoms with Gasteiger partial charge in [-0.2, -0.15) is 0 Å². The van der Waals surface area contributed by atoms with Crippen molar-refractivity contribution in [3.63, 3.8) is 0 Å². The maximum Gasteiger partial charge on any atom is 0.231 e. The van der Waals surface area contributed by atoms with Crippen LogP contribution in [-0.4, -0.2) is 65.2 Å². The van der Waals surface area contributed by atoms with Gasteiger partial charge in [0, 0.05) is 39.2 Å². The first-order valence-corrected chi connectivity index (χ1v) is 11.5. The fourth-order valence-corrected chi connectivity index (χ4v) is 4.77. The predicted molar refractivity (Wildman–Crippen MR) is 116 cm³/mol. The number of nitrogens with one attached hydrogen (secondary N) is 1. The molecular weight excluding hydrogens is 410 g/mol. The molecule has 0 unspecified atom stereocenters. The lowest BCUT2D eigenvalue weighted by Gasteiger charge is -2.24. The van der Waals surface area contributed by atoms with E-state index in [1.54, 1.807) is 0 Å². The quantitative estimate of drug-likeness (QED) is 0.694. The molecule has 0 saturated carbocycles. The van der Waals surface area contributed by atoms with E-state index >= 15 is 0 Å². The first kappa shape index (κ1) is 21.2. The van der Waals surface area contributed by atoms with E-state index in [-0.39, 0.29) is 11.8 Å². The third kappa shape index (κ3) is 4.73. The molecule has 0 spiro atoms. The summed E-state index contributed by atoms with van der Waals surface area (Å²) in [4.78, 5) is 14.8. The van der Waals surface area contributed by atoms with Crippen molar-refractivity contribution in [2.75, 3.05) is 39.6 Å². The number of carbonyl (C=O) groups excluding carboxylic acids is 1. The zero-order valence-electron chi connectivity index (χ0n) is 18.6. The number of hydrogen-bond acceptors (Lipinski definition) is 7. The third-order valence-corrected chi connectivity index (χ3v) is 6.51. The average Bonchev–Trinajstić information content (AvgIpc) is 3.53. The van der Waals surface area contributed by atoms with Gasteiger partial charge < -0.3 is 29.0 Å². The van der Waals surface area contributed by atoms with Crippen LogP contribution in [0.4, 0.5) is 0 Å². The van der Waals surface area contributed by atoms with Gasteiger partial charge in [0.25, 0.3) is 0 Å². The van der Waals surface area contributed by atoms with Gasteiger partial charge in [0.2, 0.25) is 12.7 Å². The van der Waals surface area contributed by atoms with Crippen LogP contribution in [0.5, 0.6) is 11.5 Å². The van der Waals surface area contributed by atoms with Gasteiger partial charge in [-0.3, -0.25) is 4.79 Å². The Hall–Kier alpha value is -2.65. The normalized spacial score (nSPS) is 21.2. The van der Waals surface area contributed by atoms with Crippen molar-refractivity contribution in [1.29, 1.82) is 0 Å². The van der Waals surface area contributed by atoms with Crippen LogP contribution < -0.4 is 14.8 Å². The highest BCUT2D eigenvalue weighted by Gasteiger charge is 2.25. The van der Waals surface area contributed by atoms with Gasteiger partial charge in [-0.1, -0.05) is 13.0 Å². The second-order valence-electron chi connectivity index (χ2n) is 9.01. The molecular formula is C23H31N5O4. The van der Waals surface area contributed by atoms with Crippen molar-refractivity contribution in [2.45, 2.75) is 39.3 Å². The van der Waals surface area contributed by atoms with Crippen LogP contribution >= 0.6 is 0 Å². The number of fused-ring (bicyclic) bond motifs is 2. The SMILES string of the molecule is C[C@H](Cc1ccc2c(c1)OCO2)CN1CCc2nnc(CNC(=O)[C@@H]3CCOC3)n2CC1. The van der Waals surface area contributed by atoms with Gasteiger partial charge in [-0.15, -0.1) is 10.2 Å². The summed E-state index contributed by atoms with van der Waals surface area (Å²) in [6.45, 7) is 8.00. The molecule has 2 atom stereocenters. The lowest BCUT2D eigenvalue weighted by molar-refractivity contribution is -0.125. The molecule has 9 nitrogen and oxygen atoms in total. The van der Waals surface area contributed by atoms with Gasteiger partial charge in [0.15, 0.2) is 17.3 Å².